The van der Waals surface area contributed by atoms with Crippen molar-refractivity contribution in [3.05, 3.63) is 66.7 Å². The van der Waals surface area contributed by atoms with Crippen molar-refractivity contribution in [1.29, 1.82) is 0 Å². The van der Waals surface area contributed by atoms with E-state index in [-0.39, 0.29) is 0 Å². The van der Waals surface area contributed by atoms with E-state index in [1.54, 1.807) is 0 Å². The number of benzene rings is 2. The zero-order valence-corrected chi connectivity index (χ0v) is 17.5. The third kappa shape index (κ3) is 3.11. The van der Waals surface area contributed by atoms with Crippen LogP contribution in [-0.4, -0.2) is 37.6 Å². The molecule has 0 amide bonds. The topological polar surface area (TPSA) is 71.4 Å². The lowest BCUT2D eigenvalue weighted by atomic mass is 10.0. The number of hydrogen-bond acceptors (Lipinski definition) is 4. The van der Waals surface area contributed by atoms with Gasteiger partial charge in [-0.05, 0) is 61.3 Å². The molecule has 1 fully saturated rings. The lowest BCUT2D eigenvalue weighted by molar-refractivity contribution is 0.376. The maximum atomic E-state index is 5.13. The third-order valence-electron chi connectivity index (χ3n) is 6.25. The zero-order chi connectivity index (χ0) is 20.8. The molecule has 154 valence electrons. The van der Waals surface area contributed by atoms with Gasteiger partial charge in [0, 0.05) is 24.0 Å². The number of aromatic amines is 1. The zero-order valence-electron chi connectivity index (χ0n) is 17.5. The Labute approximate surface area is 180 Å². The summed E-state index contributed by atoms with van der Waals surface area (Å²) in [5.74, 6) is 1.79. The summed E-state index contributed by atoms with van der Waals surface area (Å²) in [5, 5.41) is 5.93. The minimum atomic E-state index is 0.359. The van der Waals surface area contributed by atoms with Crippen LogP contribution in [0.25, 0.3) is 44.6 Å². The molecule has 3 aromatic heterocycles. The van der Waals surface area contributed by atoms with Gasteiger partial charge in [0.2, 0.25) is 0 Å². The molecule has 6 rings (SSSR count). The third-order valence-corrected chi connectivity index (χ3v) is 6.25. The number of nitrogens with one attached hydrogen (secondary N) is 2. The molecule has 5 aromatic rings. The highest BCUT2D eigenvalue weighted by Crippen LogP contribution is 2.35. The van der Waals surface area contributed by atoms with Crippen LogP contribution in [0.15, 0.2) is 60.9 Å². The first-order valence-corrected chi connectivity index (χ1v) is 10.9. The molecule has 1 aliphatic rings. The van der Waals surface area contributed by atoms with Crippen LogP contribution in [-0.2, 0) is 0 Å². The van der Waals surface area contributed by atoms with Gasteiger partial charge in [-0.3, -0.25) is 0 Å². The van der Waals surface area contributed by atoms with E-state index in [0.717, 1.165) is 65.6 Å². The highest BCUT2D eigenvalue weighted by Gasteiger charge is 2.25. The Bertz CT molecular complexity index is 1390. The van der Waals surface area contributed by atoms with Gasteiger partial charge in [0.1, 0.15) is 17.0 Å². The second-order valence-electron chi connectivity index (χ2n) is 8.25. The molecule has 0 atom stereocenters. The maximum absolute atomic E-state index is 5.13. The van der Waals surface area contributed by atoms with Gasteiger partial charge in [0.25, 0.3) is 0 Å². The van der Waals surface area contributed by atoms with Crippen LogP contribution in [0.1, 0.15) is 24.7 Å². The van der Waals surface area contributed by atoms with Crippen LogP contribution in [0.4, 0.5) is 0 Å². The van der Waals surface area contributed by atoms with Crippen LogP contribution >= 0.6 is 0 Å². The molecule has 31 heavy (non-hydrogen) atoms. The molecule has 0 aliphatic carbocycles. The van der Waals surface area contributed by atoms with E-state index in [0.29, 0.717) is 6.04 Å². The number of rotatable bonds is 3. The summed E-state index contributed by atoms with van der Waals surface area (Å²) in [5.41, 5.74) is 5.02. The number of pyridine rings is 1. The van der Waals surface area contributed by atoms with Crippen LogP contribution in [0, 0.1) is 6.92 Å². The highest BCUT2D eigenvalue weighted by atomic mass is 15.2. The van der Waals surface area contributed by atoms with E-state index < -0.39 is 0 Å². The molecule has 2 aromatic carbocycles. The number of nitrogens with zero attached hydrogens (tertiary/aromatic N) is 4. The normalized spacial score (nSPS) is 15.1. The first kappa shape index (κ1) is 18.3. The van der Waals surface area contributed by atoms with Crippen LogP contribution in [0.3, 0.4) is 0 Å². The summed E-state index contributed by atoms with van der Waals surface area (Å²) in [7, 11) is 0. The molecular formula is C25H24N6. The molecule has 4 heterocycles. The van der Waals surface area contributed by atoms with E-state index in [4.69, 9.17) is 15.0 Å². The van der Waals surface area contributed by atoms with Gasteiger partial charge in [-0.15, -0.1) is 0 Å². The van der Waals surface area contributed by atoms with Crippen molar-refractivity contribution in [2.24, 2.45) is 0 Å². The minimum Gasteiger partial charge on any atom is -0.348 e. The van der Waals surface area contributed by atoms with Crippen molar-refractivity contribution < 1.29 is 0 Å². The lowest BCUT2D eigenvalue weighted by Gasteiger charge is -2.25. The van der Waals surface area contributed by atoms with Crippen LogP contribution in [0.2, 0.25) is 0 Å². The number of aryl methyl sites for hydroxylation is 1. The second kappa shape index (κ2) is 7.32. The first-order chi connectivity index (χ1) is 15.3. The standard InChI is InChI=1S/C25H24N6/c1-16-28-15-22(29-16)24-30-23-21(19-7-6-17-4-2-3-5-18(17)14-19)10-13-27-25(23)31(24)20-8-11-26-12-9-20/h2-7,10,13-15,20,26H,8-9,11-12H2,1H3,(H,28,29). The summed E-state index contributed by atoms with van der Waals surface area (Å²) < 4.78 is 2.32. The Morgan fingerprint density at radius 3 is 2.61 bits per heavy atom. The SMILES string of the molecule is Cc1nc(-c2nc3c(-c4ccc5ccccc5c4)ccnc3n2C2CCNCC2)c[nH]1. The lowest BCUT2D eigenvalue weighted by Crippen LogP contribution is -2.29. The number of imidazole rings is 2. The van der Waals surface area contributed by atoms with Crippen molar-refractivity contribution in [2.75, 3.05) is 13.1 Å². The van der Waals surface area contributed by atoms with Crippen molar-refractivity contribution in [3.63, 3.8) is 0 Å². The monoisotopic (exact) mass is 408 g/mol. The molecule has 6 nitrogen and oxygen atoms in total. The van der Waals surface area contributed by atoms with Gasteiger partial charge in [-0.1, -0.05) is 36.4 Å². The number of piperidine rings is 1. The summed E-state index contributed by atoms with van der Waals surface area (Å²) in [6.45, 7) is 3.99. The predicted octanol–water partition coefficient (Wildman–Crippen LogP) is 4.87. The molecule has 0 unspecified atom stereocenters. The van der Waals surface area contributed by atoms with Gasteiger partial charge in [0.05, 0.1) is 0 Å². The van der Waals surface area contributed by atoms with Gasteiger partial charge >= 0.3 is 0 Å². The number of hydrogen-bond donors (Lipinski definition) is 2. The second-order valence-corrected chi connectivity index (χ2v) is 8.25. The van der Waals surface area contributed by atoms with Crippen LogP contribution < -0.4 is 5.32 Å². The van der Waals surface area contributed by atoms with E-state index in [1.807, 2.05) is 19.3 Å². The summed E-state index contributed by atoms with van der Waals surface area (Å²) in [4.78, 5) is 17.8. The molecule has 0 bridgehead atoms. The summed E-state index contributed by atoms with van der Waals surface area (Å²) >= 11 is 0. The van der Waals surface area contributed by atoms with E-state index in [2.05, 4.69) is 63.4 Å². The average Bonchev–Trinajstić information content (AvgIpc) is 3.42. The fraction of sp³-hybridized carbons (Fsp3) is 0.240. The van der Waals surface area contributed by atoms with E-state index >= 15 is 0 Å². The molecule has 0 saturated carbocycles. The Morgan fingerprint density at radius 2 is 1.81 bits per heavy atom. The van der Waals surface area contributed by atoms with Crippen molar-refractivity contribution >= 4 is 21.9 Å². The maximum Gasteiger partial charge on any atom is 0.162 e. The fourth-order valence-corrected chi connectivity index (χ4v) is 4.70. The Morgan fingerprint density at radius 1 is 0.968 bits per heavy atom. The first-order valence-electron chi connectivity index (χ1n) is 10.9. The van der Waals surface area contributed by atoms with Gasteiger partial charge in [-0.25, -0.2) is 15.0 Å². The largest absolute Gasteiger partial charge is 0.348 e. The van der Waals surface area contributed by atoms with E-state index in [9.17, 15) is 0 Å². The van der Waals surface area contributed by atoms with Crippen molar-refractivity contribution in [2.45, 2.75) is 25.8 Å². The summed E-state index contributed by atoms with van der Waals surface area (Å²) in [6, 6.07) is 17.5. The average molecular weight is 409 g/mol. The van der Waals surface area contributed by atoms with E-state index in [1.165, 1.54) is 10.8 Å². The number of aromatic nitrogens is 5. The van der Waals surface area contributed by atoms with Crippen molar-refractivity contribution in [1.82, 2.24) is 29.8 Å². The van der Waals surface area contributed by atoms with Gasteiger partial charge < -0.3 is 14.9 Å². The fourth-order valence-electron chi connectivity index (χ4n) is 4.70. The molecular weight excluding hydrogens is 384 g/mol. The van der Waals surface area contributed by atoms with Gasteiger partial charge in [-0.2, -0.15) is 0 Å². The van der Waals surface area contributed by atoms with Gasteiger partial charge in [0.15, 0.2) is 11.5 Å². The van der Waals surface area contributed by atoms with Crippen molar-refractivity contribution in [3.8, 4) is 22.6 Å². The number of H-pyrrole nitrogens is 1. The Balaban J connectivity index is 1.59. The molecule has 0 spiro atoms. The molecule has 6 heteroatoms. The van der Waals surface area contributed by atoms with Crippen LogP contribution in [0.5, 0.6) is 0 Å². The predicted molar refractivity (Wildman–Crippen MR) is 124 cm³/mol. The summed E-state index contributed by atoms with van der Waals surface area (Å²) in [6.07, 6.45) is 5.98. The molecule has 2 N–H and O–H groups in total. The quantitative estimate of drug-likeness (QED) is 0.447. The molecule has 1 aliphatic heterocycles. The number of fused-ring (bicyclic) bond motifs is 2. The Hall–Kier alpha value is -3.51. The minimum absolute atomic E-state index is 0.359. The Kier molecular flexibility index (Phi) is 4.32. The highest BCUT2D eigenvalue weighted by molar-refractivity contribution is 5.95. The molecule has 0 radical (unpaired) electrons. The smallest absolute Gasteiger partial charge is 0.162 e. The molecule has 1 saturated heterocycles.